The second-order valence-electron chi connectivity index (χ2n) is 8.17. The largest absolute Gasteiger partial charge is 0.457 e. The molecule has 2 aromatic carbocycles. The van der Waals surface area contributed by atoms with Crippen LogP contribution in [0.1, 0.15) is 36.3 Å². The summed E-state index contributed by atoms with van der Waals surface area (Å²) < 4.78 is 6.09. The van der Waals surface area contributed by atoms with Crippen molar-refractivity contribution in [1.29, 1.82) is 0 Å². The fourth-order valence-corrected chi connectivity index (χ4v) is 6.01. The summed E-state index contributed by atoms with van der Waals surface area (Å²) >= 11 is 2.08. The highest BCUT2D eigenvalue weighted by Gasteiger charge is 2.36. The number of amides is 1. The van der Waals surface area contributed by atoms with E-state index in [1.807, 2.05) is 48.5 Å². The maximum absolute atomic E-state index is 13.8. The monoisotopic (exact) mass is 408 g/mol. The molecule has 2 saturated heterocycles. The topological polar surface area (TPSA) is 32.8 Å². The smallest absolute Gasteiger partial charge is 0.234 e. The molecule has 2 aromatic rings. The highest BCUT2D eigenvalue weighted by molar-refractivity contribution is 7.99. The van der Waals surface area contributed by atoms with Crippen LogP contribution in [0.4, 0.5) is 0 Å². The zero-order chi connectivity index (χ0) is 19.6. The van der Waals surface area contributed by atoms with Crippen LogP contribution in [0.2, 0.25) is 0 Å². The van der Waals surface area contributed by atoms with Crippen LogP contribution in [-0.2, 0) is 4.79 Å². The van der Waals surface area contributed by atoms with Crippen molar-refractivity contribution in [1.82, 2.24) is 9.80 Å². The average molecular weight is 409 g/mol. The molecular formula is C24H28N2O2S. The Morgan fingerprint density at radius 2 is 1.52 bits per heavy atom. The van der Waals surface area contributed by atoms with Crippen molar-refractivity contribution >= 4 is 17.7 Å². The van der Waals surface area contributed by atoms with Crippen LogP contribution in [0.3, 0.4) is 0 Å². The molecule has 3 aliphatic rings. The first-order valence-electron chi connectivity index (χ1n) is 10.8. The van der Waals surface area contributed by atoms with E-state index in [-0.39, 0.29) is 11.8 Å². The lowest BCUT2D eigenvalue weighted by molar-refractivity contribution is -0.131. The second kappa shape index (κ2) is 8.41. The molecule has 0 radical (unpaired) electrons. The summed E-state index contributed by atoms with van der Waals surface area (Å²) in [6.07, 6.45) is 3.64. The number of hydrogen-bond acceptors (Lipinski definition) is 4. The maximum atomic E-state index is 13.8. The minimum Gasteiger partial charge on any atom is -0.457 e. The molecule has 5 heteroatoms. The van der Waals surface area contributed by atoms with Crippen LogP contribution < -0.4 is 4.74 Å². The van der Waals surface area contributed by atoms with Gasteiger partial charge in [0, 0.05) is 43.3 Å². The molecule has 0 unspecified atom stereocenters. The van der Waals surface area contributed by atoms with Gasteiger partial charge in [-0.15, -0.1) is 0 Å². The number of carbonyl (C=O) groups is 1. The minimum atomic E-state index is -0.270. The molecular weight excluding hydrogens is 380 g/mol. The summed E-state index contributed by atoms with van der Waals surface area (Å²) in [5, 5.41) is 0. The Hall–Kier alpha value is -1.98. The number of ether oxygens (including phenoxy) is 1. The third kappa shape index (κ3) is 3.78. The van der Waals surface area contributed by atoms with Gasteiger partial charge in [-0.3, -0.25) is 9.69 Å². The molecule has 1 amide bonds. The predicted octanol–water partition coefficient (Wildman–Crippen LogP) is 4.35. The summed E-state index contributed by atoms with van der Waals surface area (Å²) in [6.45, 7) is 3.77. The van der Waals surface area contributed by atoms with E-state index in [0.29, 0.717) is 6.04 Å². The van der Waals surface area contributed by atoms with Gasteiger partial charge in [0.15, 0.2) is 0 Å². The maximum Gasteiger partial charge on any atom is 0.234 e. The molecule has 0 N–H and O–H groups in total. The van der Waals surface area contributed by atoms with Crippen molar-refractivity contribution in [2.24, 2.45) is 0 Å². The van der Waals surface area contributed by atoms with E-state index < -0.39 is 0 Å². The Labute approximate surface area is 177 Å². The summed E-state index contributed by atoms with van der Waals surface area (Å²) in [6, 6.07) is 16.7. The van der Waals surface area contributed by atoms with E-state index in [2.05, 4.69) is 21.6 Å². The van der Waals surface area contributed by atoms with Gasteiger partial charge in [-0.25, -0.2) is 0 Å². The fourth-order valence-electron chi connectivity index (χ4n) is 4.93. The SMILES string of the molecule is O=C(C1c2ccccc2Oc2ccccc21)N1CCCN(C2CCSCC2)CC1. The van der Waals surface area contributed by atoms with Crippen LogP contribution in [0, 0.1) is 0 Å². The first kappa shape index (κ1) is 19.0. The Balaban J connectivity index is 1.38. The summed E-state index contributed by atoms with van der Waals surface area (Å²) in [4.78, 5) is 18.5. The minimum absolute atomic E-state index is 0.217. The lowest BCUT2D eigenvalue weighted by atomic mass is 9.87. The van der Waals surface area contributed by atoms with Crippen molar-refractivity contribution in [3.63, 3.8) is 0 Å². The van der Waals surface area contributed by atoms with Crippen LogP contribution >= 0.6 is 11.8 Å². The van der Waals surface area contributed by atoms with Crippen LogP contribution in [-0.4, -0.2) is 59.4 Å². The molecule has 2 fully saturated rings. The van der Waals surface area contributed by atoms with Crippen LogP contribution in [0.15, 0.2) is 48.5 Å². The zero-order valence-electron chi connectivity index (χ0n) is 16.8. The van der Waals surface area contributed by atoms with Crippen molar-refractivity contribution in [2.75, 3.05) is 37.7 Å². The normalized spacial score (nSPS) is 21.0. The van der Waals surface area contributed by atoms with Gasteiger partial charge in [0.2, 0.25) is 5.91 Å². The van der Waals surface area contributed by atoms with E-state index in [4.69, 9.17) is 4.74 Å². The van der Waals surface area contributed by atoms with E-state index in [0.717, 1.165) is 55.2 Å². The van der Waals surface area contributed by atoms with E-state index in [1.54, 1.807) is 0 Å². The molecule has 3 aliphatic heterocycles. The second-order valence-corrected chi connectivity index (χ2v) is 9.39. The van der Waals surface area contributed by atoms with Gasteiger partial charge >= 0.3 is 0 Å². The number of fused-ring (bicyclic) bond motifs is 2. The van der Waals surface area contributed by atoms with E-state index >= 15 is 0 Å². The molecule has 0 atom stereocenters. The Bertz CT molecular complexity index is 835. The molecule has 29 heavy (non-hydrogen) atoms. The summed E-state index contributed by atoms with van der Waals surface area (Å²) in [5.41, 5.74) is 1.98. The number of rotatable bonds is 2. The third-order valence-electron chi connectivity index (χ3n) is 6.48. The lowest BCUT2D eigenvalue weighted by Crippen LogP contribution is -2.42. The molecule has 0 spiro atoms. The number of para-hydroxylation sites is 2. The molecule has 152 valence electrons. The molecule has 0 aromatic heterocycles. The van der Waals surface area contributed by atoms with Crippen LogP contribution in [0.25, 0.3) is 0 Å². The number of nitrogens with zero attached hydrogens (tertiary/aromatic N) is 2. The number of carbonyl (C=O) groups excluding carboxylic acids is 1. The molecule has 0 saturated carbocycles. The van der Waals surface area contributed by atoms with Gasteiger partial charge < -0.3 is 9.64 Å². The van der Waals surface area contributed by atoms with Crippen molar-refractivity contribution in [2.45, 2.75) is 31.2 Å². The molecule has 0 aliphatic carbocycles. The van der Waals surface area contributed by atoms with Gasteiger partial charge in [0.1, 0.15) is 11.5 Å². The zero-order valence-corrected chi connectivity index (χ0v) is 17.6. The first-order chi connectivity index (χ1) is 14.3. The number of benzene rings is 2. The molecule has 4 nitrogen and oxygen atoms in total. The quantitative estimate of drug-likeness (QED) is 0.739. The third-order valence-corrected chi connectivity index (χ3v) is 7.53. The predicted molar refractivity (Wildman–Crippen MR) is 118 cm³/mol. The van der Waals surface area contributed by atoms with Gasteiger partial charge in [0.25, 0.3) is 0 Å². The van der Waals surface area contributed by atoms with Gasteiger partial charge in [0.05, 0.1) is 5.92 Å². The summed E-state index contributed by atoms with van der Waals surface area (Å²) in [7, 11) is 0. The van der Waals surface area contributed by atoms with Crippen LogP contribution in [0.5, 0.6) is 11.5 Å². The molecule has 3 heterocycles. The van der Waals surface area contributed by atoms with Crippen molar-refractivity contribution in [3.05, 3.63) is 59.7 Å². The first-order valence-corrected chi connectivity index (χ1v) is 11.9. The van der Waals surface area contributed by atoms with Gasteiger partial charge in [-0.1, -0.05) is 36.4 Å². The number of hydrogen-bond donors (Lipinski definition) is 0. The highest BCUT2D eigenvalue weighted by Crippen LogP contribution is 2.44. The fraction of sp³-hybridized carbons (Fsp3) is 0.458. The Morgan fingerprint density at radius 3 is 2.21 bits per heavy atom. The van der Waals surface area contributed by atoms with Crippen molar-refractivity contribution in [3.8, 4) is 11.5 Å². The average Bonchev–Trinajstić information content (AvgIpc) is 3.04. The molecule has 0 bridgehead atoms. The molecule has 5 rings (SSSR count). The standard InChI is InChI=1S/C24H28N2O2S/c27-24(26-13-5-12-25(14-15-26)18-10-16-29-17-11-18)23-19-6-1-3-8-21(19)28-22-9-4-2-7-20(22)23/h1-4,6-9,18,23H,5,10-17H2. The summed E-state index contributed by atoms with van der Waals surface area (Å²) in [5.74, 6) is 4.11. The Kier molecular flexibility index (Phi) is 5.51. The number of thioether (sulfide) groups is 1. The lowest BCUT2D eigenvalue weighted by Gasteiger charge is -2.34. The Morgan fingerprint density at radius 1 is 0.862 bits per heavy atom. The highest BCUT2D eigenvalue weighted by atomic mass is 32.2. The van der Waals surface area contributed by atoms with Gasteiger partial charge in [-0.2, -0.15) is 11.8 Å². The van der Waals surface area contributed by atoms with E-state index in [9.17, 15) is 4.79 Å². The van der Waals surface area contributed by atoms with Gasteiger partial charge in [-0.05, 0) is 42.9 Å². The van der Waals surface area contributed by atoms with E-state index in [1.165, 1.54) is 24.3 Å². The van der Waals surface area contributed by atoms with Crippen molar-refractivity contribution < 1.29 is 9.53 Å².